The molecule has 8 rings (SSSR count). The number of hydrazine groups is 1. The highest BCUT2D eigenvalue weighted by atomic mass is 16.6. The molecule has 147 heavy (non-hydrogen) atoms. The Morgan fingerprint density at radius 1 is 0.299 bits per heavy atom. The normalized spacial score (nSPS) is 19.0. The van der Waals surface area contributed by atoms with Gasteiger partial charge in [0.1, 0.15) is 12.4 Å². The lowest BCUT2D eigenvalue weighted by Crippen LogP contribution is -2.52. The molecule has 0 saturated heterocycles. The van der Waals surface area contributed by atoms with Crippen molar-refractivity contribution in [1.29, 1.82) is 0 Å². The van der Waals surface area contributed by atoms with Gasteiger partial charge in [-0.3, -0.25) is 39.5 Å². The highest BCUT2D eigenvalue weighted by Gasteiger charge is 2.43. The number of hydrogen-bond acceptors (Lipinski definition) is 14. The summed E-state index contributed by atoms with van der Waals surface area (Å²) < 4.78 is 11.3. The fraction of sp³-hybridized carbons (Fsp3) is 0.827. The molecule has 0 atom stereocenters. The third kappa shape index (κ3) is 46.9. The van der Waals surface area contributed by atoms with Crippen molar-refractivity contribution in [2.75, 3.05) is 151 Å². The van der Waals surface area contributed by atoms with Crippen molar-refractivity contribution >= 4 is 36.1 Å². The molecule has 0 aliphatic carbocycles. The molecule has 0 radical (unpaired) electrons. The van der Waals surface area contributed by atoms with Crippen molar-refractivity contribution in [3.05, 3.63) is 89.6 Å². The summed E-state index contributed by atoms with van der Waals surface area (Å²) >= 11 is 0. The van der Waals surface area contributed by atoms with E-state index in [1.54, 1.807) is 16.7 Å². The van der Waals surface area contributed by atoms with E-state index in [9.17, 15) is 24.0 Å². The lowest BCUT2D eigenvalue weighted by molar-refractivity contribution is -0.134. The van der Waals surface area contributed by atoms with Crippen LogP contribution in [0.4, 0.5) is 9.59 Å². The Kier molecular flexibility index (Phi) is 53.6. The number of carbonyl (C=O) groups is 5. The van der Waals surface area contributed by atoms with Gasteiger partial charge in [0.25, 0.3) is 11.8 Å². The number of urea groups is 1. The summed E-state index contributed by atoms with van der Waals surface area (Å²) in [4.78, 5) is 74.0. The molecule has 8 aliphatic heterocycles. The van der Waals surface area contributed by atoms with E-state index in [1.165, 1.54) is 108 Å². The van der Waals surface area contributed by atoms with E-state index in [0.29, 0.717) is 43.6 Å². The van der Waals surface area contributed by atoms with E-state index in [1.807, 2.05) is 19.7 Å². The molecule has 20 nitrogen and oxygen atoms in total. The Labute approximate surface area is 908 Å². The molecule has 0 bridgehead atoms. The van der Waals surface area contributed by atoms with E-state index < -0.39 is 0 Å². The quantitative estimate of drug-likeness (QED) is 0.107. The Morgan fingerprint density at radius 2 is 0.680 bits per heavy atom. The minimum absolute atomic E-state index is 0.0131. The lowest BCUT2D eigenvalue weighted by atomic mass is 9.74. The molecular weight excluding hydrogens is 1820 g/mol. The third-order valence-corrected chi connectivity index (χ3v) is 28.3. The zero-order valence-electron chi connectivity index (χ0n) is 107. The van der Waals surface area contributed by atoms with Crippen LogP contribution in [-0.2, 0) is 23.9 Å². The first kappa shape index (κ1) is 139. The van der Waals surface area contributed by atoms with Gasteiger partial charge in [0.15, 0.2) is 6.61 Å². The fourth-order valence-electron chi connectivity index (χ4n) is 20.4. The van der Waals surface area contributed by atoms with Crippen LogP contribution in [0.2, 0.25) is 0 Å². The summed E-state index contributed by atoms with van der Waals surface area (Å²) in [7, 11) is 0. The van der Waals surface area contributed by atoms with Gasteiger partial charge in [-0.2, -0.15) is 5.10 Å². The average Bonchev–Trinajstić information content (AvgIpc) is 1.77. The zero-order chi connectivity index (χ0) is 115. The van der Waals surface area contributed by atoms with Crippen LogP contribution in [-0.4, -0.2) is 226 Å². The van der Waals surface area contributed by atoms with Crippen molar-refractivity contribution in [2.45, 2.75) is 452 Å². The van der Waals surface area contributed by atoms with Crippen LogP contribution >= 0.6 is 0 Å². The first-order chi connectivity index (χ1) is 66.3. The maximum atomic E-state index is 12.4. The molecule has 4 N–H and O–H groups in total. The predicted molar refractivity (Wildman–Crippen MR) is 635 cm³/mol. The molecule has 0 saturated carbocycles. The second-order valence-electron chi connectivity index (χ2n) is 59.6. The minimum Gasteiger partial charge on any atom is -0.488 e. The van der Waals surface area contributed by atoms with Crippen molar-refractivity contribution in [3.63, 3.8) is 0 Å². The topological polar surface area (TPSA) is 190 Å². The molecule has 0 aromatic rings. The summed E-state index contributed by atoms with van der Waals surface area (Å²) in [6.07, 6.45) is 13.2. The number of cyclic esters (lactones) is 1. The van der Waals surface area contributed by atoms with Gasteiger partial charge in [0.05, 0.1) is 19.3 Å². The van der Waals surface area contributed by atoms with Crippen LogP contribution in [0.1, 0.15) is 452 Å². The average molecular weight is 2060 g/mol. The maximum Gasteiger partial charge on any atom is 0.410 e. The van der Waals surface area contributed by atoms with Gasteiger partial charge in [0.2, 0.25) is 5.91 Å². The Morgan fingerprint density at radius 3 is 1.10 bits per heavy atom. The van der Waals surface area contributed by atoms with Crippen molar-refractivity contribution < 1.29 is 33.4 Å². The van der Waals surface area contributed by atoms with Crippen molar-refractivity contribution in [1.82, 2.24) is 60.8 Å². The third-order valence-electron chi connectivity index (χ3n) is 28.3. The van der Waals surface area contributed by atoms with E-state index in [4.69, 9.17) is 9.47 Å². The summed E-state index contributed by atoms with van der Waals surface area (Å²) in [5, 5.41) is 18.7. The molecule has 0 aromatic heterocycles. The molecule has 20 heteroatoms. The number of nitrogens with one attached hydrogen (secondary N) is 4. The number of nitrogens with zero attached hydrogens (tertiary/aromatic N) is 9. The van der Waals surface area contributed by atoms with Gasteiger partial charge in [-0.25, -0.2) is 14.6 Å². The fourth-order valence-corrected chi connectivity index (χ4v) is 20.4. The number of ether oxygens (including phenoxy) is 2. The van der Waals surface area contributed by atoms with Crippen LogP contribution in [0, 0.1) is 86.6 Å². The highest BCUT2D eigenvalue weighted by molar-refractivity contribution is 5.96. The molecule has 8 heterocycles. The van der Waals surface area contributed by atoms with Crippen LogP contribution in [0.3, 0.4) is 0 Å². The number of hydrogen-bond donors (Lipinski definition) is 4. The molecule has 854 valence electrons. The van der Waals surface area contributed by atoms with Gasteiger partial charge in [-0.1, -0.05) is 399 Å². The first-order valence-corrected chi connectivity index (χ1v) is 57.6. The molecule has 0 unspecified atom stereocenters. The molecule has 0 fully saturated rings. The van der Waals surface area contributed by atoms with Crippen molar-refractivity contribution in [2.24, 2.45) is 91.7 Å². The first-order valence-electron chi connectivity index (χ1n) is 57.6. The number of allylic oxidation sites excluding steroid dienone is 5. The summed E-state index contributed by atoms with van der Waals surface area (Å²) in [6.45, 7) is 145. The standard InChI is InChI=1S/C17H33N.2C16H30N2O.C16H32N2.2C16H29NO2.C15H28N2O.C15H28N2/c1-8-11-18-12-9-10-14(16(2,3)4)15(13-18)17(5,6)7;1-8-9-18-10-12(15(2,3)4)14(16(5,6)7)17-13(19)11-18;1-8-9-18-11-13(16(5,6)7)12(15(2,3)4)10-17-14(18)19;1-8-10-18-11-9-17-14(16(5,6)7)13(12-18)15(2,3)4;1-8-9-17-10-12(15(2,3)4)14(16(5,6)7)19-11-13(17)18;1-8-9-17-10-12(15(2,3)4)13(16(5,6)7)11-19-14(17)18;1-8-9-17-10-11(14(2,3)4)12(13(18)16-17)15(5,6)7;1-8-9-17-11-13(15(5,6)7)12(10-16-17)14(2,3)4/h8-13H2,1-7H3;2*8-11H2,1-7H3,(H,17,19);17H,8-12H2,1-7H3;2*8-11H2,1-7H3;8-10H2,1-7H3,(H,16,18);10H,8-9,11H2,1-7H3. The monoisotopic (exact) mass is 2060 g/mol. The highest BCUT2D eigenvalue weighted by Crippen LogP contribution is 2.48. The van der Waals surface area contributed by atoms with Gasteiger partial charge >= 0.3 is 12.1 Å². The van der Waals surface area contributed by atoms with Gasteiger partial charge in [-0.15, -0.1) is 0 Å². The largest absolute Gasteiger partial charge is 0.488 e. The molecule has 0 spiro atoms. The van der Waals surface area contributed by atoms with E-state index >= 15 is 0 Å². The number of amides is 6. The zero-order valence-corrected chi connectivity index (χ0v) is 107. The summed E-state index contributed by atoms with van der Waals surface area (Å²) in [5.41, 5.74) is 25.5. The van der Waals surface area contributed by atoms with Crippen LogP contribution in [0.5, 0.6) is 0 Å². The maximum absolute atomic E-state index is 12.4. The summed E-state index contributed by atoms with van der Waals surface area (Å²) in [6, 6.07) is 0.0721. The number of hydrazone groups is 1. The van der Waals surface area contributed by atoms with E-state index in [-0.39, 0.29) is 112 Å². The van der Waals surface area contributed by atoms with Gasteiger partial charge < -0.3 is 40.1 Å². The number of rotatable bonds is 16. The van der Waals surface area contributed by atoms with E-state index in [0.717, 1.165) is 141 Å². The Balaban J connectivity index is 0.000000840. The van der Waals surface area contributed by atoms with Crippen molar-refractivity contribution in [3.8, 4) is 0 Å². The predicted octanol–water partition coefficient (Wildman–Crippen LogP) is 30.6. The summed E-state index contributed by atoms with van der Waals surface area (Å²) in [5.74, 6) is 1.29. The SMILES string of the molecule is CCCN1CC(=O)NC(C(C)(C)C)=C(C(C)(C)C)C1.CCCN1CC(C(C)(C)C)=C(C(C)(C)C)C(=O)N1.CCCN1CC(C(C)(C)C)=C(C(C)(C)C)C=N1.CCCN1CC(C(C)(C)C)=C(C(C)(C)C)CNC1=O.CCCN1CC(C(C)(C)C)=C(C(C)(C)C)COC1=O.CCCN1CC(C(C)(C)C)=C(C(C)(C)C)OCC1=O.CCCN1CCCC(C(C)(C)C)=C(C(C)(C)C)C1.CCCN1CCNC(C(C)(C)C)=C(C(C)(C)C)C1. The second kappa shape index (κ2) is 56.8. The lowest BCUT2D eigenvalue weighted by Gasteiger charge is -2.40. The van der Waals surface area contributed by atoms with Crippen LogP contribution in [0.15, 0.2) is 94.7 Å². The number of carbonyl (C=O) groups excluding carboxylic acids is 5. The van der Waals surface area contributed by atoms with Crippen LogP contribution < -0.4 is 21.4 Å². The minimum atomic E-state index is -0.178. The van der Waals surface area contributed by atoms with Crippen LogP contribution in [0.25, 0.3) is 0 Å². The Bertz CT molecular complexity index is 4210. The Hall–Kier alpha value is -6.22. The molecule has 0 aromatic carbocycles. The molecule has 6 amide bonds. The van der Waals surface area contributed by atoms with E-state index in [2.05, 4.69) is 440 Å². The molecular formula is C127H239N13O7. The van der Waals surface area contributed by atoms with Gasteiger partial charge in [0, 0.05) is 131 Å². The smallest absolute Gasteiger partial charge is 0.410 e. The molecule has 8 aliphatic rings. The van der Waals surface area contributed by atoms with Gasteiger partial charge in [-0.05, 0) is 217 Å². The second-order valence-corrected chi connectivity index (χ2v) is 59.6.